The van der Waals surface area contributed by atoms with Gasteiger partial charge < -0.3 is 4.90 Å². The van der Waals surface area contributed by atoms with E-state index in [9.17, 15) is 4.79 Å². The van der Waals surface area contributed by atoms with Gasteiger partial charge in [-0.2, -0.15) is 5.10 Å². The fourth-order valence-electron chi connectivity index (χ4n) is 2.84. The van der Waals surface area contributed by atoms with Crippen LogP contribution in [0.3, 0.4) is 0 Å². The van der Waals surface area contributed by atoms with Crippen molar-refractivity contribution >= 4 is 17.2 Å². The van der Waals surface area contributed by atoms with E-state index in [1.54, 1.807) is 6.20 Å². The first-order chi connectivity index (χ1) is 10.1. The molecule has 0 saturated carbocycles. The van der Waals surface area contributed by atoms with Crippen LogP contribution >= 0.6 is 11.3 Å². The smallest absolute Gasteiger partial charge is 0.265 e. The minimum Gasteiger partial charge on any atom is -0.333 e. The summed E-state index contributed by atoms with van der Waals surface area (Å²) in [5.74, 6) is 0.120. The quantitative estimate of drug-likeness (QED) is 0.876. The van der Waals surface area contributed by atoms with Crippen molar-refractivity contribution in [2.24, 2.45) is 0 Å². The summed E-state index contributed by atoms with van der Waals surface area (Å²) in [5, 5.41) is 5.29. The summed E-state index contributed by atoms with van der Waals surface area (Å²) >= 11 is 1.48. The molecule has 0 aliphatic carbocycles. The molecule has 1 amide bonds. The van der Waals surface area contributed by atoms with Gasteiger partial charge in [-0.3, -0.25) is 9.48 Å². The van der Waals surface area contributed by atoms with Gasteiger partial charge in [0.25, 0.3) is 5.91 Å². The normalized spacial score (nSPS) is 19.0. The van der Waals surface area contributed by atoms with Crippen molar-refractivity contribution in [1.29, 1.82) is 0 Å². The van der Waals surface area contributed by atoms with E-state index in [1.165, 1.54) is 17.8 Å². The van der Waals surface area contributed by atoms with Crippen LogP contribution in [-0.4, -0.2) is 38.2 Å². The molecular weight excluding hydrogens is 284 g/mol. The monoisotopic (exact) mass is 304 g/mol. The zero-order valence-corrected chi connectivity index (χ0v) is 13.3. The Morgan fingerprint density at radius 3 is 2.90 bits per heavy atom. The first-order valence-electron chi connectivity index (χ1n) is 7.36. The number of aromatic nitrogens is 3. The van der Waals surface area contributed by atoms with Crippen LogP contribution in [0.4, 0.5) is 0 Å². The van der Waals surface area contributed by atoms with E-state index in [-0.39, 0.29) is 11.9 Å². The Balaban J connectivity index is 1.76. The van der Waals surface area contributed by atoms with Crippen molar-refractivity contribution in [3.8, 4) is 0 Å². The third kappa shape index (κ3) is 3.15. The number of rotatable bonds is 3. The molecule has 0 radical (unpaired) electrons. The molecule has 21 heavy (non-hydrogen) atoms. The molecule has 3 heterocycles. The molecule has 0 spiro atoms. The van der Waals surface area contributed by atoms with E-state index in [2.05, 4.69) is 10.1 Å². The van der Waals surface area contributed by atoms with E-state index in [0.717, 1.165) is 41.4 Å². The minimum absolute atomic E-state index is 0.120. The van der Waals surface area contributed by atoms with Gasteiger partial charge >= 0.3 is 0 Å². The molecule has 1 saturated heterocycles. The van der Waals surface area contributed by atoms with E-state index in [4.69, 9.17) is 0 Å². The van der Waals surface area contributed by atoms with Crippen molar-refractivity contribution in [2.75, 3.05) is 6.54 Å². The van der Waals surface area contributed by atoms with E-state index in [0.29, 0.717) is 0 Å². The Kier molecular flexibility index (Phi) is 4.05. The van der Waals surface area contributed by atoms with Crippen LogP contribution in [0.15, 0.2) is 18.6 Å². The molecule has 1 atom stereocenters. The fraction of sp³-hybridized carbons (Fsp3) is 0.533. The largest absolute Gasteiger partial charge is 0.333 e. The minimum atomic E-state index is 0.120. The lowest BCUT2D eigenvalue weighted by Gasteiger charge is -2.35. The van der Waals surface area contributed by atoms with E-state index in [1.807, 2.05) is 35.8 Å². The number of nitrogens with zero attached hydrogens (tertiary/aromatic N) is 4. The van der Waals surface area contributed by atoms with Crippen molar-refractivity contribution in [3.63, 3.8) is 0 Å². The summed E-state index contributed by atoms with van der Waals surface area (Å²) in [6.07, 6.45) is 8.90. The van der Waals surface area contributed by atoms with Crippen molar-refractivity contribution in [2.45, 2.75) is 45.7 Å². The average molecular weight is 304 g/mol. The number of hydrogen-bond donors (Lipinski definition) is 0. The Bertz CT molecular complexity index is 633. The lowest BCUT2D eigenvalue weighted by Crippen LogP contribution is -2.45. The van der Waals surface area contributed by atoms with Crippen LogP contribution in [0.2, 0.25) is 0 Å². The van der Waals surface area contributed by atoms with E-state index >= 15 is 0 Å². The molecule has 6 heteroatoms. The maximum absolute atomic E-state index is 12.7. The lowest BCUT2D eigenvalue weighted by molar-refractivity contribution is 0.0588. The van der Waals surface area contributed by atoms with Crippen molar-refractivity contribution < 1.29 is 4.79 Å². The number of likely N-dealkylation sites (tertiary alicyclic amines) is 1. The van der Waals surface area contributed by atoms with Gasteiger partial charge in [0.1, 0.15) is 4.88 Å². The topological polar surface area (TPSA) is 51.0 Å². The highest BCUT2D eigenvalue weighted by atomic mass is 32.1. The number of carbonyl (C=O) groups excluding carboxylic acids is 1. The predicted octanol–water partition coefficient (Wildman–Crippen LogP) is 2.65. The van der Waals surface area contributed by atoms with Gasteiger partial charge in [-0.15, -0.1) is 11.3 Å². The summed E-state index contributed by atoms with van der Waals surface area (Å²) in [5.41, 5.74) is 1.15. The Labute approximate surface area is 128 Å². The second-order valence-electron chi connectivity index (χ2n) is 5.63. The average Bonchev–Trinajstić information content (AvgIpc) is 3.08. The highest BCUT2D eigenvalue weighted by Crippen LogP contribution is 2.23. The fourth-order valence-corrected chi connectivity index (χ4v) is 3.58. The number of amides is 1. The molecule has 0 aromatic carbocycles. The second kappa shape index (κ2) is 5.97. The number of carbonyl (C=O) groups is 1. The highest BCUT2D eigenvalue weighted by Gasteiger charge is 2.28. The van der Waals surface area contributed by atoms with Gasteiger partial charge in [0.05, 0.1) is 30.0 Å². The zero-order chi connectivity index (χ0) is 14.8. The van der Waals surface area contributed by atoms with Gasteiger partial charge in [0.2, 0.25) is 0 Å². The molecule has 5 nitrogen and oxygen atoms in total. The highest BCUT2D eigenvalue weighted by molar-refractivity contribution is 7.13. The molecule has 0 bridgehead atoms. The molecule has 0 unspecified atom stereocenters. The van der Waals surface area contributed by atoms with Gasteiger partial charge in [-0.05, 0) is 38.7 Å². The molecule has 3 rings (SSSR count). The van der Waals surface area contributed by atoms with E-state index < -0.39 is 0 Å². The summed E-state index contributed by atoms with van der Waals surface area (Å²) in [4.78, 5) is 19.6. The molecule has 112 valence electrons. The van der Waals surface area contributed by atoms with Gasteiger partial charge in [0, 0.05) is 12.7 Å². The summed E-state index contributed by atoms with van der Waals surface area (Å²) < 4.78 is 1.95. The Morgan fingerprint density at radius 2 is 2.24 bits per heavy atom. The maximum Gasteiger partial charge on any atom is 0.265 e. The predicted molar refractivity (Wildman–Crippen MR) is 82.5 cm³/mol. The second-order valence-corrected chi connectivity index (χ2v) is 6.87. The van der Waals surface area contributed by atoms with Gasteiger partial charge in [-0.1, -0.05) is 0 Å². The van der Waals surface area contributed by atoms with Crippen LogP contribution in [0, 0.1) is 13.8 Å². The summed E-state index contributed by atoms with van der Waals surface area (Å²) in [6, 6.07) is 0.230. The molecule has 2 aromatic rings. The lowest BCUT2D eigenvalue weighted by atomic mass is 10.0. The Hall–Kier alpha value is -1.69. The molecule has 0 N–H and O–H groups in total. The maximum atomic E-state index is 12.7. The SMILES string of the molecule is Cc1cnn(C[C@@H]2CCCCN2C(=O)c2cnc(C)s2)c1. The molecule has 1 aliphatic rings. The zero-order valence-electron chi connectivity index (χ0n) is 12.5. The molecule has 1 fully saturated rings. The third-order valence-electron chi connectivity index (χ3n) is 3.88. The van der Waals surface area contributed by atoms with Crippen LogP contribution < -0.4 is 0 Å². The standard InChI is InChI=1S/C15H20N4OS/c1-11-7-17-18(9-11)10-13-5-3-4-6-19(13)15(20)14-8-16-12(2)21-14/h7-9,13H,3-6,10H2,1-2H3/t13-/m0/s1. The van der Waals surface area contributed by atoms with Crippen LogP contribution in [-0.2, 0) is 6.54 Å². The van der Waals surface area contributed by atoms with Crippen LogP contribution in [0.25, 0.3) is 0 Å². The van der Waals surface area contributed by atoms with Gasteiger partial charge in [0.15, 0.2) is 0 Å². The summed E-state index contributed by atoms with van der Waals surface area (Å²) in [6.45, 7) is 5.58. The first kappa shape index (κ1) is 14.3. The number of aryl methyl sites for hydroxylation is 2. The molecule has 2 aromatic heterocycles. The summed E-state index contributed by atoms with van der Waals surface area (Å²) in [7, 11) is 0. The van der Waals surface area contributed by atoms with Crippen molar-refractivity contribution in [3.05, 3.63) is 34.0 Å². The Morgan fingerprint density at radius 1 is 1.38 bits per heavy atom. The molecule has 1 aliphatic heterocycles. The number of hydrogen-bond acceptors (Lipinski definition) is 4. The number of thiazole rings is 1. The van der Waals surface area contributed by atoms with Crippen molar-refractivity contribution in [1.82, 2.24) is 19.7 Å². The van der Waals surface area contributed by atoms with Crippen LogP contribution in [0.1, 0.15) is 39.5 Å². The van der Waals surface area contributed by atoms with Gasteiger partial charge in [-0.25, -0.2) is 4.98 Å². The van der Waals surface area contributed by atoms with Crippen LogP contribution in [0.5, 0.6) is 0 Å². The first-order valence-corrected chi connectivity index (χ1v) is 8.17. The third-order valence-corrected chi connectivity index (χ3v) is 4.78. The number of piperidine rings is 1. The molecular formula is C15H20N4OS.